The van der Waals surface area contributed by atoms with E-state index in [-0.39, 0.29) is 4.99 Å². The van der Waals surface area contributed by atoms with Crippen LogP contribution in [0.3, 0.4) is 0 Å². The summed E-state index contributed by atoms with van der Waals surface area (Å²) < 4.78 is 6.90. The molecule has 9 heteroatoms. The normalized spacial score (nSPS) is 10.3. The third-order valence-electron chi connectivity index (χ3n) is 3.14. The van der Waals surface area contributed by atoms with Crippen molar-refractivity contribution in [2.75, 3.05) is 13.7 Å². The molecular weight excluding hydrogens is 318 g/mol. The molecule has 8 nitrogen and oxygen atoms in total. The van der Waals surface area contributed by atoms with Crippen molar-refractivity contribution < 1.29 is 14.6 Å². The van der Waals surface area contributed by atoms with E-state index in [1.807, 2.05) is 6.07 Å². The second-order valence-corrected chi connectivity index (χ2v) is 5.18. The molecule has 1 amide bonds. The molecule has 2 aromatic rings. The van der Waals surface area contributed by atoms with Crippen LogP contribution in [-0.2, 0) is 6.42 Å². The lowest BCUT2D eigenvalue weighted by Gasteiger charge is -2.09. The number of carbonyl (C=O) groups is 1. The first kappa shape index (κ1) is 16.7. The van der Waals surface area contributed by atoms with Crippen molar-refractivity contribution in [3.8, 4) is 11.4 Å². The average Bonchev–Trinajstić information content (AvgIpc) is 2.99. The zero-order chi connectivity index (χ0) is 16.8. The Hall–Kier alpha value is -2.68. The summed E-state index contributed by atoms with van der Waals surface area (Å²) in [6.45, 7) is 0.374. The molecule has 0 spiro atoms. The van der Waals surface area contributed by atoms with Gasteiger partial charge in [0.1, 0.15) is 10.7 Å². The number of hydrogen-bond acceptors (Lipinski definition) is 5. The van der Waals surface area contributed by atoms with E-state index in [1.54, 1.807) is 30.1 Å². The molecule has 0 radical (unpaired) electrons. The van der Waals surface area contributed by atoms with Crippen LogP contribution in [0.15, 0.2) is 24.4 Å². The summed E-state index contributed by atoms with van der Waals surface area (Å²) in [5.74, 6) is 0.567. The molecular formula is C14H17N5O3S. The summed E-state index contributed by atoms with van der Waals surface area (Å²) in [7, 11) is 1.54. The van der Waals surface area contributed by atoms with Crippen molar-refractivity contribution in [1.29, 1.82) is 0 Å². The lowest BCUT2D eigenvalue weighted by Crippen LogP contribution is -2.22. The molecule has 0 atom stereocenters. The minimum Gasteiger partial charge on any atom is -0.496 e. The molecule has 0 unspecified atom stereocenters. The monoisotopic (exact) mass is 335 g/mol. The van der Waals surface area contributed by atoms with Crippen LogP contribution in [-0.4, -0.2) is 44.8 Å². The number of amides is 1. The van der Waals surface area contributed by atoms with E-state index in [0.717, 1.165) is 11.4 Å². The summed E-state index contributed by atoms with van der Waals surface area (Å²) in [5.41, 5.74) is 7.84. The minimum absolute atomic E-state index is 0.263. The van der Waals surface area contributed by atoms with Crippen molar-refractivity contribution in [3.63, 3.8) is 0 Å². The van der Waals surface area contributed by atoms with Crippen LogP contribution in [0.4, 0.5) is 4.79 Å². The van der Waals surface area contributed by atoms with Gasteiger partial charge in [0.2, 0.25) is 0 Å². The number of rotatable bonds is 7. The highest BCUT2D eigenvalue weighted by atomic mass is 32.1. The summed E-state index contributed by atoms with van der Waals surface area (Å²) in [5, 5.41) is 18.9. The van der Waals surface area contributed by atoms with Gasteiger partial charge in [-0.3, -0.25) is 0 Å². The van der Waals surface area contributed by atoms with Gasteiger partial charge in [0, 0.05) is 12.6 Å². The van der Waals surface area contributed by atoms with Gasteiger partial charge in [-0.05, 0) is 25.0 Å². The molecule has 0 aliphatic heterocycles. The molecule has 0 saturated heterocycles. The van der Waals surface area contributed by atoms with Crippen LogP contribution in [0.1, 0.15) is 17.7 Å². The number of hydrogen-bond donors (Lipinski definition) is 3. The molecule has 4 N–H and O–H groups in total. The van der Waals surface area contributed by atoms with Crippen molar-refractivity contribution >= 4 is 23.3 Å². The Morgan fingerprint density at radius 1 is 1.52 bits per heavy atom. The SMILES string of the molecule is COc1cc(-n2cc(CCCNC(=O)O)nn2)ccc1C(N)=S. The lowest BCUT2D eigenvalue weighted by atomic mass is 10.2. The van der Waals surface area contributed by atoms with E-state index in [1.165, 1.54) is 0 Å². The van der Waals surface area contributed by atoms with E-state index in [0.29, 0.717) is 30.7 Å². The number of methoxy groups -OCH3 is 1. The Bertz CT molecular complexity index is 716. The maximum absolute atomic E-state index is 10.4. The third-order valence-corrected chi connectivity index (χ3v) is 3.36. The fourth-order valence-corrected chi connectivity index (χ4v) is 2.20. The van der Waals surface area contributed by atoms with E-state index >= 15 is 0 Å². The summed E-state index contributed by atoms with van der Waals surface area (Å²) in [6.07, 6.45) is 2.03. The summed E-state index contributed by atoms with van der Waals surface area (Å²) in [4.78, 5) is 10.6. The smallest absolute Gasteiger partial charge is 0.404 e. The van der Waals surface area contributed by atoms with E-state index in [2.05, 4.69) is 15.6 Å². The molecule has 0 saturated carbocycles. The van der Waals surface area contributed by atoms with Gasteiger partial charge in [0.05, 0.1) is 30.3 Å². The predicted octanol–water partition coefficient (Wildman–Crippen LogP) is 1.11. The second-order valence-electron chi connectivity index (χ2n) is 4.74. The van der Waals surface area contributed by atoms with E-state index in [9.17, 15) is 4.79 Å². The minimum atomic E-state index is -1.03. The van der Waals surface area contributed by atoms with Crippen molar-refractivity contribution in [1.82, 2.24) is 20.3 Å². The molecule has 1 heterocycles. The number of thiocarbonyl (C=S) groups is 1. The Kier molecular flexibility index (Phi) is 5.47. The molecule has 0 aliphatic carbocycles. The third kappa shape index (κ3) is 4.39. The van der Waals surface area contributed by atoms with Gasteiger partial charge in [-0.1, -0.05) is 17.4 Å². The zero-order valence-electron chi connectivity index (χ0n) is 12.5. The molecule has 1 aromatic heterocycles. The van der Waals surface area contributed by atoms with Crippen LogP contribution in [0.2, 0.25) is 0 Å². The predicted molar refractivity (Wildman–Crippen MR) is 88.1 cm³/mol. The van der Waals surface area contributed by atoms with Crippen LogP contribution in [0, 0.1) is 0 Å². The van der Waals surface area contributed by atoms with Crippen LogP contribution in [0.25, 0.3) is 5.69 Å². The first-order valence-electron chi connectivity index (χ1n) is 6.87. The standard InChI is InChI=1S/C14H17N5O3S/c1-22-12-7-10(4-5-11(12)13(15)23)19-8-9(17-18-19)3-2-6-16-14(20)21/h4-5,7-8,16H,2-3,6H2,1H3,(H2,15,23)(H,20,21). The molecule has 2 rings (SSSR count). The number of nitrogens with two attached hydrogens (primary N) is 1. The van der Waals surface area contributed by atoms with Crippen molar-refractivity contribution in [2.24, 2.45) is 5.73 Å². The van der Waals surface area contributed by atoms with E-state index < -0.39 is 6.09 Å². The number of carboxylic acid groups (broad SMARTS) is 1. The van der Waals surface area contributed by atoms with Crippen LogP contribution < -0.4 is 15.8 Å². The molecule has 1 aromatic carbocycles. The fourth-order valence-electron chi connectivity index (χ4n) is 2.03. The molecule has 0 bridgehead atoms. The fraction of sp³-hybridized carbons (Fsp3) is 0.286. The van der Waals surface area contributed by atoms with Crippen LogP contribution in [0.5, 0.6) is 5.75 Å². The number of aromatic nitrogens is 3. The highest BCUT2D eigenvalue weighted by Gasteiger charge is 2.09. The number of benzene rings is 1. The molecule has 0 aliphatic rings. The van der Waals surface area contributed by atoms with Gasteiger partial charge >= 0.3 is 6.09 Å². The first-order valence-corrected chi connectivity index (χ1v) is 7.28. The molecule has 0 fully saturated rings. The average molecular weight is 335 g/mol. The Labute approximate surface area is 138 Å². The largest absolute Gasteiger partial charge is 0.496 e. The van der Waals surface area contributed by atoms with Gasteiger partial charge in [-0.25, -0.2) is 9.48 Å². The van der Waals surface area contributed by atoms with Gasteiger partial charge in [0.25, 0.3) is 0 Å². The Morgan fingerprint density at radius 2 is 2.30 bits per heavy atom. The maximum Gasteiger partial charge on any atom is 0.404 e. The van der Waals surface area contributed by atoms with Gasteiger partial charge in [-0.2, -0.15) is 0 Å². The zero-order valence-corrected chi connectivity index (χ0v) is 13.3. The van der Waals surface area contributed by atoms with Crippen molar-refractivity contribution in [2.45, 2.75) is 12.8 Å². The summed E-state index contributed by atoms with van der Waals surface area (Å²) >= 11 is 4.97. The topological polar surface area (TPSA) is 115 Å². The number of ether oxygens (including phenoxy) is 1. The van der Waals surface area contributed by atoms with Gasteiger partial charge in [0.15, 0.2) is 0 Å². The number of nitrogens with zero attached hydrogens (tertiary/aromatic N) is 3. The number of aryl methyl sites for hydroxylation is 1. The van der Waals surface area contributed by atoms with Crippen molar-refractivity contribution in [3.05, 3.63) is 35.7 Å². The number of nitrogens with one attached hydrogen (secondary N) is 1. The molecule has 122 valence electrons. The molecule has 23 heavy (non-hydrogen) atoms. The van der Waals surface area contributed by atoms with Gasteiger partial charge in [-0.15, -0.1) is 5.10 Å². The highest BCUT2D eigenvalue weighted by molar-refractivity contribution is 7.80. The van der Waals surface area contributed by atoms with Gasteiger partial charge < -0.3 is 20.9 Å². The second kappa shape index (κ2) is 7.54. The maximum atomic E-state index is 10.4. The summed E-state index contributed by atoms with van der Waals surface area (Å²) in [6, 6.07) is 5.37. The lowest BCUT2D eigenvalue weighted by molar-refractivity contribution is 0.194. The van der Waals surface area contributed by atoms with E-state index in [4.69, 9.17) is 27.8 Å². The first-order chi connectivity index (χ1) is 11.0. The highest BCUT2D eigenvalue weighted by Crippen LogP contribution is 2.22. The Morgan fingerprint density at radius 3 is 2.96 bits per heavy atom. The Balaban J connectivity index is 2.08. The van der Waals surface area contributed by atoms with Crippen LogP contribution >= 0.6 is 12.2 Å². The quantitative estimate of drug-likeness (QED) is 0.513.